The largest absolute Gasteiger partial charge is 0.495 e. The summed E-state index contributed by atoms with van der Waals surface area (Å²) < 4.78 is 32.4. The molecule has 0 saturated carbocycles. The summed E-state index contributed by atoms with van der Waals surface area (Å²) in [6, 6.07) is 3.52. The maximum Gasteiger partial charge on any atom is 0.246 e. The van der Waals surface area contributed by atoms with Gasteiger partial charge in [0, 0.05) is 13.1 Å². The van der Waals surface area contributed by atoms with Crippen LogP contribution in [-0.2, 0) is 10.0 Å². The third-order valence-electron chi connectivity index (χ3n) is 4.14. The lowest BCUT2D eigenvalue weighted by atomic mass is 10.0. The molecule has 0 aromatic heterocycles. The van der Waals surface area contributed by atoms with Crippen LogP contribution in [0.15, 0.2) is 17.0 Å². The van der Waals surface area contributed by atoms with E-state index in [1.807, 2.05) is 13.8 Å². The maximum absolute atomic E-state index is 12.8. The molecule has 0 unspecified atom stereocenters. The Morgan fingerprint density at radius 3 is 2.25 bits per heavy atom. The van der Waals surface area contributed by atoms with Crippen molar-refractivity contribution in [2.24, 2.45) is 5.92 Å². The van der Waals surface area contributed by atoms with Crippen LogP contribution in [-0.4, -0.2) is 32.9 Å². The van der Waals surface area contributed by atoms with Crippen LogP contribution in [0.3, 0.4) is 0 Å². The fourth-order valence-electron chi connectivity index (χ4n) is 2.49. The highest BCUT2D eigenvalue weighted by atomic mass is 32.2. The van der Waals surface area contributed by atoms with Gasteiger partial charge in [-0.05, 0) is 55.9 Å². The number of hydrogen-bond acceptors (Lipinski definition) is 3. The third kappa shape index (κ3) is 2.83. The second-order valence-electron chi connectivity index (χ2n) is 5.67. The molecular weight excluding hydrogens is 274 g/mol. The van der Waals surface area contributed by atoms with Gasteiger partial charge in [0.05, 0.1) is 7.11 Å². The van der Waals surface area contributed by atoms with Crippen molar-refractivity contribution in [1.29, 1.82) is 0 Å². The maximum atomic E-state index is 12.8. The molecule has 0 spiro atoms. The van der Waals surface area contributed by atoms with Crippen molar-refractivity contribution < 1.29 is 13.2 Å². The summed E-state index contributed by atoms with van der Waals surface area (Å²) in [5, 5.41) is 0. The van der Waals surface area contributed by atoms with Crippen molar-refractivity contribution in [1.82, 2.24) is 4.31 Å². The highest BCUT2D eigenvalue weighted by Crippen LogP contribution is 2.31. The fourth-order valence-corrected chi connectivity index (χ4v) is 4.18. The predicted octanol–water partition coefficient (Wildman–Crippen LogP) is 2.73. The van der Waals surface area contributed by atoms with E-state index in [1.165, 1.54) is 7.11 Å². The quantitative estimate of drug-likeness (QED) is 0.862. The second kappa shape index (κ2) is 5.74. The lowest BCUT2D eigenvalue weighted by Gasteiger charge is -2.30. The monoisotopic (exact) mass is 297 g/mol. The molecule has 4 nitrogen and oxygen atoms in total. The van der Waals surface area contributed by atoms with E-state index in [4.69, 9.17) is 4.74 Å². The molecule has 1 saturated heterocycles. The zero-order chi connectivity index (χ0) is 14.9. The number of hydrogen-bond donors (Lipinski definition) is 0. The van der Waals surface area contributed by atoms with Crippen molar-refractivity contribution in [3.63, 3.8) is 0 Å². The molecular formula is C15H23NO3S. The van der Waals surface area contributed by atoms with Gasteiger partial charge in [0.1, 0.15) is 10.6 Å². The average Bonchev–Trinajstić information content (AvgIpc) is 2.41. The zero-order valence-corrected chi connectivity index (χ0v) is 13.5. The van der Waals surface area contributed by atoms with Crippen LogP contribution in [0.25, 0.3) is 0 Å². The first kappa shape index (κ1) is 15.3. The van der Waals surface area contributed by atoms with E-state index >= 15 is 0 Å². The minimum absolute atomic E-state index is 0.289. The van der Waals surface area contributed by atoms with Crippen LogP contribution in [0.4, 0.5) is 0 Å². The van der Waals surface area contributed by atoms with Crippen molar-refractivity contribution in [3.8, 4) is 5.75 Å². The van der Waals surface area contributed by atoms with E-state index in [0.717, 1.165) is 24.0 Å². The number of sulfonamides is 1. The van der Waals surface area contributed by atoms with Gasteiger partial charge in [-0.25, -0.2) is 8.42 Å². The van der Waals surface area contributed by atoms with E-state index in [-0.39, 0.29) is 4.90 Å². The van der Waals surface area contributed by atoms with Crippen molar-refractivity contribution >= 4 is 10.0 Å². The minimum Gasteiger partial charge on any atom is -0.495 e. The van der Waals surface area contributed by atoms with Gasteiger partial charge >= 0.3 is 0 Å². The number of rotatable bonds is 3. The number of aryl methyl sites for hydroxylation is 2. The van der Waals surface area contributed by atoms with Gasteiger partial charge in [-0.1, -0.05) is 6.92 Å². The molecule has 1 aromatic rings. The van der Waals surface area contributed by atoms with Crippen LogP contribution < -0.4 is 4.74 Å². The summed E-state index contributed by atoms with van der Waals surface area (Å²) >= 11 is 0. The second-order valence-corrected chi connectivity index (χ2v) is 7.58. The van der Waals surface area contributed by atoms with E-state index in [2.05, 4.69) is 6.92 Å². The highest BCUT2D eigenvalue weighted by molar-refractivity contribution is 7.89. The Morgan fingerprint density at radius 2 is 1.70 bits per heavy atom. The first-order chi connectivity index (χ1) is 9.36. The Balaban J connectivity index is 2.41. The molecule has 0 amide bonds. The molecule has 1 aromatic carbocycles. The predicted molar refractivity (Wildman–Crippen MR) is 79.6 cm³/mol. The van der Waals surface area contributed by atoms with Gasteiger partial charge in [0.15, 0.2) is 0 Å². The minimum atomic E-state index is -3.46. The fraction of sp³-hybridized carbons (Fsp3) is 0.600. The number of ether oxygens (including phenoxy) is 1. The van der Waals surface area contributed by atoms with Gasteiger partial charge in [0.25, 0.3) is 0 Å². The van der Waals surface area contributed by atoms with Crippen LogP contribution in [0.2, 0.25) is 0 Å². The molecule has 1 aliphatic heterocycles. The van der Waals surface area contributed by atoms with Gasteiger partial charge < -0.3 is 4.74 Å². The van der Waals surface area contributed by atoms with E-state index < -0.39 is 10.0 Å². The van der Waals surface area contributed by atoms with Gasteiger partial charge in [-0.15, -0.1) is 0 Å². The molecule has 0 radical (unpaired) electrons. The lowest BCUT2D eigenvalue weighted by Crippen LogP contribution is -2.38. The molecule has 2 rings (SSSR count). The van der Waals surface area contributed by atoms with Gasteiger partial charge in [-0.3, -0.25) is 0 Å². The van der Waals surface area contributed by atoms with Crippen molar-refractivity contribution in [3.05, 3.63) is 23.3 Å². The molecule has 20 heavy (non-hydrogen) atoms. The van der Waals surface area contributed by atoms with Crippen molar-refractivity contribution in [2.75, 3.05) is 20.2 Å². The Kier molecular flexibility index (Phi) is 4.39. The first-order valence-corrected chi connectivity index (χ1v) is 8.45. The molecule has 0 bridgehead atoms. The normalized spacial score (nSPS) is 18.2. The summed E-state index contributed by atoms with van der Waals surface area (Å²) in [4.78, 5) is 0.289. The summed E-state index contributed by atoms with van der Waals surface area (Å²) in [6.07, 6.45) is 1.85. The van der Waals surface area contributed by atoms with Crippen LogP contribution >= 0.6 is 0 Å². The molecule has 1 heterocycles. The molecule has 0 aliphatic carbocycles. The zero-order valence-electron chi connectivity index (χ0n) is 12.6. The standard InChI is InChI=1S/C15H23NO3S/c1-11-5-7-16(8-6-11)20(17,18)15-10-13(3)12(2)9-14(15)19-4/h9-11H,5-8H2,1-4H3. The van der Waals surface area contributed by atoms with E-state index in [1.54, 1.807) is 16.4 Å². The lowest BCUT2D eigenvalue weighted by molar-refractivity contribution is 0.287. The highest BCUT2D eigenvalue weighted by Gasteiger charge is 2.30. The summed E-state index contributed by atoms with van der Waals surface area (Å²) in [7, 11) is -1.94. The summed E-state index contributed by atoms with van der Waals surface area (Å²) in [5.74, 6) is 1.04. The molecule has 1 aliphatic rings. The molecule has 1 fully saturated rings. The number of nitrogens with zero attached hydrogens (tertiary/aromatic N) is 1. The summed E-state index contributed by atoms with van der Waals surface area (Å²) in [5.41, 5.74) is 2.00. The molecule has 0 atom stereocenters. The number of piperidine rings is 1. The average molecular weight is 297 g/mol. The Hall–Kier alpha value is -1.07. The van der Waals surface area contributed by atoms with Gasteiger partial charge in [0.2, 0.25) is 10.0 Å². The van der Waals surface area contributed by atoms with Crippen LogP contribution in [0.1, 0.15) is 30.9 Å². The van der Waals surface area contributed by atoms with E-state index in [0.29, 0.717) is 24.8 Å². The number of benzene rings is 1. The molecule has 112 valence electrons. The van der Waals surface area contributed by atoms with E-state index in [9.17, 15) is 8.42 Å². The van der Waals surface area contributed by atoms with Crippen LogP contribution in [0.5, 0.6) is 5.75 Å². The smallest absolute Gasteiger partial charge is 0.246 e. The number of methoxy groups -OCH3 is 1. The Labute approximate surface area is 121 Å². The Bertz CT molecular complexity index is 587. The third-order valence-corrected chi connectivity index (χ3v) is 6.06. The SMILES string of the molecule is COc1cc(C)c(C)cc1S(=O)(=O)N1CCC(C)CC1. The first-order valence-electron chi connectivity index (χ1n) is 7.01. The Morgan fingerprint density at radius 1 is 1.15 bits per heavy atom. The summed E-state index contributed by atoms with van der Waals surface area (Å²) in [6.45, 7) is 7.24. The van der Waals surface area contributed by atoms with Crippen LogP contribution in [0, 0.1) is 19.8 Å². The van der Waals surface area contributed by atoms with Crippen molar-refractivity contribution in [2.45, 2.75) is 38.5 Å². The topological polar surface area (TPSA) is 46.6 Å². The van der Waals surface area contributed by atoms with Gasteiger partial charge in [-0.2, -0.15) is 4.31 Å². The molecule has 5 heteroatoms. The molecule has 0 N–H and O–H groups in total.